The third kappa shape index (κ3) is 3.18. The smallest absolute Gasteiger partial charge is 0.0695 e. The van der Waals surface area contributed by atoms with Gasteiger partial charge in [-0.05, 0) is 26.0 Å². The summed E-state index contributed by atoms with van der Waals surface area (Å²) < 4.78 is 0. The number of H-pyrrole nitrogens is 1. The van der Waals surface area contributed by atoms with Crippen molar-refractivity contribution in [3.8, 4) is 11.3 Å². The molecule has 0 saturated heterocycles. The van der Waals surface area contributed by atoms with Gasteiger partial charge in [-0.2, -0.15) is 5.10 Å². The lowest BCUT2D eigenvalue weighted by Crippen LogP contribution is -2.15. The first-order valence-corrected chi connectivity index (χ1v) is 6.22. The summed E-state index contributed by atoms with van der Waals surface area (Å²) >= 11 is 0. The Bertz CT molecular complexity index is 493. The molecule has 0 unspecified atom stereocenters. The third-order valence-electron chi connectivity index (χ3n) is 2.85. The van der Waals surface area contributed by atoms with Crippen molar-refractivity contribution in [2.45, 2.75) is 19.9 Å². The van der Waals surface area contributed by atoms with Crippen molar-refractivity contribution < 1.29 is 5.11 Å². The van der Waals surface area contributed by atoms with Crippen LogP contribution in [0.15, 0.2) is 30.5 Å². The largest absolute Gasteiger partial charge is 0.396 e. The lowest BCUT2D eigenvalue weighted by Gasteiger charge is -2.05. The average Bonchev–Trinajstić information content (AvgIpc) is 2.83. The van der Waals surface area contributed by atoms with Gasteiger partial charge in [-0.1, -0.05) is 23.8 Å². The summed E-state index contributed by atoms with van der Waals surface area (Å²) in [4.78, 5) is 0. The molecule has 0 amide bonds. The van der Waals surface area contributed by atoms with Crippen LogP contribution in [0.2, 0.25) is 0 Å². The van der Waals surface area contributed by atoms with Crippen LogP contribution in [0.1, 0.15) is 17.5 Å². The lowest BCUT2D eigenvalue weighted by atomic mass is 10.1. The van der Waals surface area contributed by atoms with Crippen molar-refractivity contribution >= 4 is 0 Å². The first-order valence-electron chi connectivity index (χ1n) is 6.22. The normalized spacial score (nSPS) is 10.8. The Kier molecular flexibility index (Phi) is 4.50. The fourth-order valence-corrected chi connectivity index (χ4v) is 1.92. The predicted molar refractivity (Wildman–Crippen MR) is 72.2 cm³/mol. The minimum Gasteiger partial charge on any atom is -0.396 e. The summed E-state index contributed by atoms with van der Waals surface area (Å²) in [6.07, 6.45) is 2.63. The lowest BCUT2D eigenvalue weighted by molar-refractivity contribution is 0.286. The molecule has 1 aromatic carbocycles. The van der Waals surface area contributed by atoms with E-state index in [9.17, 15) is 0 Å². The Hall–Kier alpha value is -1.65. The van der Waals surface area contributed by atoms with Gasteiger partial charge in [-0.25, -0.2) is 0 Å². The second kappa shape index (κ2) is 6.33. The molecule has 0 fully saturated rings. The van der Waals surface area contributed by atoms with E-state index in [1.54, 1.807) is 0 Å². The molecule has 18 heavy (non-hydrogen) atoms. The number of aliphatic hydroxyl groups excluding tert-OH is 1. The van der Waals surface area contributed by atoms with Crippen LogP contribution in [0.3, 0.4) is 0 Å². The fourth-order valence-electron chi connectivity index (χ4n) is 1.92. The molecular formula is C14H19N3O. The van der Waals surface area contributed by atoms with Gasteiger partial charge in [0, 0.05) is 24.3 Å². The minimum absolute atomic E-state index is 0.225. The highest BCUT2D eigenvalue weighted by atomic mass is 16.3. The maximum atomic E-state index is 8.73. The number of aliphatic hydroxyl groups is 1. The number of benzene rings is 1. The highest BCUT2D eigenvalue weighted by molar-refractivity contribution is 5.63. The number of aromatic nitrogens is 2. The van der Waals surface area contributed by atoms with Crippen molar-refractivity contribution in [3.05, 3.63) is 41.6 Å². The maximum Gasteiger partial charge on any atom is 0.0695 e. The molecule has 0 aliphatic carbocycles. The van der Waals surface area contributed by atoms with E-state index >= 15 is 0 Å². The zero-order chi connectivity index (χ0) is 12.8. The molecule has 0 saturated carbocycles. The molecule has 0 aliphatic rings. The van der Waals surface area contributed by atoms with E-state index in [0.29, 0.717) is 0 Å². The van der Waals surface area contributed by atoms with E-state index < -0.39 is 0 Å². The summed E-state index contributed by atoms with van der Waals surface area (Å²) in [5, 5.41) is 19.2. The molecule has 0 radical (unpaired) electrons. The number of nitrogens with one attached hydrogen (secondary N) is 2. The van der Waals surface area contributed by atoms with Crippen LogP contribution in [-0.2, 0) is 6.54 Å². The molecular weight excluding hydrogens is 226 g/mol. The molecule has 0 bridgehead atoms. The predicted octanol–water partition coefficient (Wildman–Crippen LogP) is 1.86. The number of aryl methyl sites for hydroxylation is 1. The molecule has 0 spiro atoms. The summed E-state index contributed by atoms with van der Waals surface area (Å²) in [6.45, 7) is 3.89. The van der Waals surface area contributed by atoms with Crippen molar-refractivity contribution in [2.24, 2.45) is 0 Å². The van der Waals surface area contributed by atoms with Crippen LogP contribution in [0.25, 0.3) is 11.3 Å². The Morgan fingerprint density at radius 3 is 3.06 bits per heavy atom. The molecule has 1 heterocycles. The van der Waals surface area contributed by atoms with Gasteiger partial charge in [0.15, 0.2) is 0 Å². The molecule has 2 rings (SSSR count). The molecule has 1 aromatic heterocycles. The summed E-state index contributed by atoms with van der Waals surface area (Å²) in [6, 6.07) is 8.36. The number of nitrogens with zero attached hydrogens (tertiary/aromatic N) is 1. The van der Waals surface area contributed by atoms with E-state index in [2.05, 4.69) is 46.7 Å². The standard InChI is InChI=1S/C14H19N3O/c1-11-4-2-5-12(8-11)14-13(10-16-17-14)9-15-6-3-7-18/h2,4-5,8,10,15,18H,3,6-7,9H2,1H3,(H,16,17). The number of rotatable bonds is 6. The zero-order valence-corrected chi connectivity index (χ0v) is 10.6. The van der Waals surface area contributed by atoms with Gasteiger partial charge < -0.3 is 10.4 Å². The fraction of sp³-hybridized carbons (Fsp3) is 0.357. The van der Waals surface area contributed by atoms with Crippen molar-refractivity contribution in [1.82, 2.24) is 15.5 Å². The van der Waals surface area contributed by atoms with Crippen LogP contribution in [0, 0.1) is 6.92 Å². The molecule has 96 valence electrons. The monoisotopic (exact) mass is 245 g/mol. The first kappa shape index (κ1) is 12.8. The Balaban J connectivity index is 2.08. The van der Waals surface area contributed by atoms with Crippen LogP contribution in [-0.4, -0.2) is 28.5 Å². The number of hydrogen-bond acceptors (Lipinski definition) is 3. The van der Waals surface area contributed by atoms with E-state index in [4.69, 9.17) is 5.11 Å². The molecule has 3 N–H and O–H groups in total. The van der Waals surface area contributed by atoms with E-state index in [1.165, 1.54) is 5.56 Å². The minimum atomic E-state index is 0.225. The molecule has 0 atom stereocenters. The van der Waals surface area contributed by atoms with E-state index in [0.717, 1.165) is 36.3 Å². The molecule has 0 aliphatic heterocycles. The summed E-state index contributed by atoms with van der Waals surface area (Å²) in [5.41, 5.74) is 4.61. The summed E-state index contributed by atoms with van der Waals surface area (Å²) in [7, 11) is 0. The molecule has 4 nitrogen and oxygen atoms in total. The highest BCUT2D eigenvalue weighted by Crippen LogP contribution is 2.21. The third-order valence-corrected chi connectivity index (χ3v) is 2.85. The SMILES string of the molecule is Cc1cccc(-c2[nH]ncc2CNCCCO)c1. The van der Waals surface area contributed by atoms with Crippen LogP contribution >= 0.6 is 0 Å². The highest BCUT2D eigenvalue weighted by Gasteiger charge is 2.07. The van der Waals surface area contributed by atoms with Crippen LogP contribution < -0.4 is 5.32 Å². The van der Waals surface area contributed by atoms with Crippen LogP contribution in [0.4, 0.5) is 0 Å². The molecule has 4 heteroatoms. The van der Waals surface area contributed by atoms with Gasteiger partial charge in [0.2, 0.25) is 0 Å². The first-order chi connectivity index (χ1) is 8.81. The van der Waals surface area contributed by atoms with Gasteiger partial charge in [-0.15, -0.1) is 0 Å². The van der Waals surface area contributed by atoms with Gasteiger partial charge in [-0.3, -0.25) is 5.10 Å². The summed E-state index contributed by atoms with van der Waals surface area (Å²) in [5.74, 6) is 0. The van der Waals surface area contributed by atoms with Gasteiger partial charge in [0.1, 0.15) is 0 Å². The maximum absolute atomic E-state index is 8.73. The quantitative estimate of drug-likeness (QED) is 0.681. The van der Waals surface area contributed by atoms with Crippen LogP contribution in [0.5, 0.6) is 0 Å². The van der Waals surface area contributed by atoms with E-state index in [1.807, 2.05) is 6.20 Å². The van der Waals surface area contributed by atoms with E-state index in [-0.39, 0.29) is 6.61 Å². The second-order valence-corrected chi connectivity index (χ2v) is 4.39. The average molecular weight is 245 g/mol. The Morgan fingerprint density at radius 2 is 2.28 bits per heavy atom. The molecule has 2 aromatic rings. The van der Waals surface area contributed by atoms with Gasteiger partial charge in [0.25, 0.3) is 0 Å². The Morgan fingerprint density at radius 1 is 1.39 bits per heavy atom. The topological polar surface area (TPSA) is 60.9 Å². The van der Waals surface area contributed by atoms with Gasteiger partial charge in [0.05, 0.1) is 11.9 Å². The van der Waals surface area contributed by atoms with Crippen molar-refractivity contribution in [1.29, 1.82) is 0 Å². The zero-order valence-electron chi connectivity index (χ0n) is 10.6. The van der Waals surface area contributed by atoms with Crippen molar-refractivity contribution in [2.75, 3.05) is 13.2 Å². The second-order valence-electron chi connectivity index (χ2n) is 4.39. The van der Waals surface area contributed by atoms with Gasteiger partial charge >= 0.3 is 0 Å². The number of hydrogen-bond donors (Lipinski definition) is 3. The van der Waals surface area contributed by atoms with Crippen molar-refractivity contribution in [3.63, 3.8) is 0 Å². The Labute approximate surface area is 107 Å². The number of aromatic amines is 1.